The molecule has 0 aromatic carbocycles. The average Bonchev–Trinajstić information content (AvgIpc) is 3.02. The number of hydrogen-bond donors (Lipinski definition) is 2. The molecule has 3 rings (SSSR count). The molecule has 10 nitrogen and oxygen atoms in total. The Morgan fingerprint density at radius 2 is 1.85 bits per heavy atom. The van der Waals surface area contributed by atoms with Crippen molar-refractivity contribution < 1.29 is 27.5 Å². The highest BCUT2D eigenvalue weighted by Crippen LogP contribution is 2.27. The van der Waals surface area contributed by atoms with Gasteiger partial charge < -0.3 is 15.8 Å². The minimum absolute atomic E-state index is 0.137. The number of pyridine rings is 1. The Kier molecular flexibility index (Phi) is 11.3. The van der Waals surface area contributed by atoms with Crippen LogP contribution < -0.4 is 15.4 Å². The van der Waals surface area contributed by atoms with Gasteiger partial charge >= 0.3 is 15.0 Å². The van der Waals surface area contributed by atoms with E-state index in [1.54, 1.807) is 6.92 Å². The first-order valence-electron chi connectivity index (χ1n) is 14.3. The molecule has 1 aliphatic heterocycles. The maximum Gasteiger partial charge on any atom is 0.323 e. The maximum absolute atomic E-state index is 13.2. The molecule has 2 N–H and O–H groups in total. The van der Waals surface area contributed by atoms with Crippen molar-refractivity contribution in [1.29, 1.82) is 0 Å². The molecule has 1 saturated heterocycles. The zero-order chi connectivity index (χ0) is 28.6. The second-order valence-electron chi connectivity index (χ2n) is 11.5. The van der Waals surface area contributed by atoms with Crippen LogP contribution in [0.1, 0.15) is 91.4 Å². The normalized spacial score (nSPS) is 22.3. The number of hydrogen-bond acceptors (Lipinski definition) is 6. The molecule has 1 aromatic rings. The number of carbonyl (C=O) groups is 3. The van der Waals surface area contributed by atoms with Crippen molar-refractivity contribution in [2.45, 2.75) is 115 Å². The van der Waals surface area contributed by atoms with Gasteiger partial charge in [0.15, 0.2) is 12.0 Å². The average molecular weight is 565 g/mol. The lowest BCUT2D eigenvalue weighted by molar-refractivity contribution is -0.646. The number of aromatic nitrogens is 1. The molecule has 1 aromatic heterocycles. The third-order valence-corrected chi connectivity index (χ3v) is 9.79. The SMILES string of the molecule is CC(C)CC(NC(=O)CCCC1CCCCC1)C(=O)NC1CCC(C)N(S(=O)(=O)c2cccc[n+]2[O-])CC1=O. The van der Waals surface area contributed by atoms with Crippen molar-refractivity contribution in [2.24, 2.45) is 11.8 Å². The summed E-state index contributed by atoms with van der Waals surface area (Å²) in [5, 5.41) is 17.3. The lowest BCUT2D eigenvalue weighted by atomic mass is 9.86. The summed E-state index contributed by atoms with van der Waals surface area (Å²) in [6.45, 7) is 5.15. The molecule has 1 saturated carbocycles. The van der Waals surface area contributed by atoms with E-state index in [2.05, 4.69) is 10.6 Å². The Labute approximate surface area is 232 Å². The van der Waals surface area contributed by atoms with Crippen molar-refractivity contribution in [1.82, 2.24) is 14.9 Å². The molecule has 1 aliphatic carbocycles. The molecular formula is C28H44N4O6S. The third-order valence-electron chi connectivity index (χ3n) is 7.84. The summed E-state index contributed by atoms with van der Waals surface area (Å²) in [5.74, 6) is -0.232. The lowest BCUT2D eigenvalue weighted by Crippen LogP contribution is -2.53. The van der Waals surface area contributed by atoms with Crippen LogP contribution in [0.4, 0.5) is 0 Å². The first-order valence-corrected chi connectivity index (χ1v) is 15.8. The van der Waals surface area contributed by atoms with E-state index in [-0.39, 0.29) is 23.0 Å². The lowest BCUT2D eigenvalue weighted by Gasteiger charge is -2.24. The van der Waals surface area contributed by atoms with Gasteiger partial charge in [0.1, 0.15) is 6.04 Å². The van der Waals surface area contributed by atoms with E-state index in [0.29, 0.717) is 25.2 Å². The van der Waals surface area contributed by atoms with E-state index in [1.807, 2.05) is 13.8 Å². The molecule has 0 radical (unpaired) electrons. The second kappa shape index (κ2) is 14.2. The number of sulfonamides is 1. The van der Waals surface area contributed by atoms with Gasteiger partial charge in [-0.25, -0.2) is 8.42 Å². The highest BCUT2D eigenvalue weighted by Gasteiger charge is 2.40. The van der Waals surface area contributed by atoms with Crippen LogP contribution in [0.15, 0.2) is 29.4 Å². The maximum atomic E-state index is 13.2. The molecule has 2 heterocycles. The van der Waals surface area contributed by atoms with Gasteiger partial charge in [0, 0.05) is 24.6 Å². The van der Waals surface area contributed by atoms with Crippen LogP contribution in [0.3, 0.4) is 0 Å². The highest BCUT2D eigenvalue weighted by molar-refractivity contribution is 7.89. The molecule has 2 amide bonds. The Hall–Kier alpha value is -2.53. The number of Topliss-reactive ketones (excluding diaryl/α,β-unsaturated/α-hetero) is 1. The van der Waals surface area contributed by atoms with Crippen molar-refractivity contribution in [2.75, 3.05) is 6.54 Å². The van der Waals surface area contributed by atoms with E-state index in [9.17, 15) is 28.0 Å². The summed E-state index contributed by atoms with van der Waals surface area (Å²) in [6, 6.07) is 1.89. The van der Waals surface area contributed by atoms with Gasteiger partial charge in [-0.05, 0) is 56.9 Å². The van der Waals surface area contributed by atoms with Gasteiger partial charge in [-0.2, -0.15) is 9.04 Å². The summed E-state index contributed by atoms with van der Waals surface area (Å²) in [4.78, 5) is 39.1. The first kappa shape index (κ1) is 31.0. The summed E-state index contributed by atoms with van der Waals surface area (Å²) in [7, 11) is -4.22. The van der Waals surface area contributed by atoms with E-state index in [0.717, 1.165) is 23.3 Å². The van der Waals surface area contributed by atoms with Crippen LogP contribution in [-0.4, -0.2) is 55.0 Å². The van der Waals surface area contributed by atoms with Gasteiger partial charge in [-0.3, -0.25) is 14.4 Å². The topological polar surface area (TPSA) is 140 Å². The van der Waals surface area contributed by atoms with E-state index in [1.165, 1.54) is 50.3 Å². The predicted octanol–water partition coefficient (Wildman–Crippen LogP) is 2.83. The molecular weight excluding hydrogens is 520 g/mol. The summed E-state index contributed by atoms with van der Waals surface area (Å²) in [5.41, 5.74) is 0. The third kappa shape index (κ3) is 8.73. The van der Waals surface area contributed by atoms with Crippen LogP contribution in [0, 0.1) is 17.0 Å². The Morgan fingerprint density at radius 3 is 2.51 bits per heavy atom. The van der Waals surface area contributed by atoms with Crippen LogP contribution in [0.25, 0.3) is 0 Å². The minimum Gasteiger partial charge on any atom is -0.618 e. The van der Waals surface area contributed by atoms with Crippen molar-refractivity contribution in [3.63, 3.8) is 0 Å². The van der Waals surface area contributed by atoms with Crippen LogP contribution in [0.2, 0.25) is 0 Å². The number of carbonyl (C=O) groups excluding carboxylic acids is 3. The quantitative estimate of drug-likeness (QED) is 0.313. The van der Waals surface area contributed by atoms with Gasteiger partial charge in [0.25, 0.3) is 0 Å². The largest absolute Gasteiger partial charge is 0.618 e. The zero-order valence-corrected chi connectivity index (χ0v) is 24.3. The fourth-order valence-corrected chi connectivity index (χ4v) is 7.26. The van der Waals surface area contributed by atoms with Crippen LogP contribution in [0.5, 0.6) is 0 Å². The van der Waals surface area contributed by atoms with Crippen molar-refractivity contribution in [3.8, 4) is 0 Å². The molecule has 0 bridgehead atoms. The molecule has 0 spiro atoms. The fourth-order valence-electron chi connectivity index (χ4n) is 5.61. The Bertz CT molecular complexity index is 1100. The molecule has 2 fully saturated rings. The Morgan fingerprint density at radius 1 is 1.13 bits per heavy atom. The molecule has 39 heavy (non-hydrogen) atoms. The number of nitrogens with one attached hydrogen (secondary N) is 2. The predicted molar refractivity (Wildman–Crippen MR) is 147 cm³/mol. The summed E-state index contributed by atoms with van der Waals surface area (Å²) in [6.07, 6.45) is 10.6. The number of ketones is 1. The molecule has 218 valence electrons. The van der Waals surface area contributed by atoms with Gasteiger partial charge in [0.2, 0.25) is 11.8 Å². The number of amides is 2. The zero-order valence-electron chi connectivity index (χ0n) is 23.4. The summed E-state index contributed by atoms with van der Waals surface area (Å²) >= 11 is 0. The van der Waals surface area contributed by atoms with E-state index >= 15 is 0 Å². The summed E-state index contributed by atoms with van der Waals surface area (Å²) < 4.78 is 27.7. The molecule has 2 aliphatic rings. The highest BCUT2D eigenvalue weighted by atomic mass is 32.2. The van der Waals surface area contributed by atoms with Crippen molar-refractivity contribution >= 4 is 27.6 Å². The first-order chi connectivity index (χ1) is 18.5. The molecule has 3 atom stereocenters. The van der Waals surface area contributed by atoms with Gasteiger partial charge in [-0.1, -0.05) is 46.0 Å². The van der Waals surface area contributed by atoms with Crippen LogP contribution >= 0.6 is 0 Å². The second-order valence-corrected chi connectivity index (χ2v) is 13.4. The van der Waals surface area contributed by atoms with Crippen LogP contribution in [-0.2, 0) is 24.4 Å². The Balaban J connectivity index is 1.61. The van der Waals surface area contributed by atoms with Gasteiger partial charge in [0.05, 0.1) is 12.6 Å². The number of rotatable bonds is 11. The minimum atomic E-state index is -4.22. The van der Waals surface area contributed by atoms with E-state index in [4.69, 9.17) is 0 Å². The smallest absolute Gasteiger partial charge is 0.323 e. The molecule has 11 heteroatoms. The fraction of sp³-hybridized carbons (Fsp3) is 0.714. The standard InChI is InChI=1S/C28H44N4O6S/c1-20(2)18-24(29-26(34)13-9-12-22-10-5-4-6-11-22)28(35)30-23-16-15-21(3)32(19-25(23)33)39(37,38)27-14-7-8-17-31(27)36/h7-8,14,17,20-24H,4-6,9-13,15-16,18-19H2,1-3H3,(H,29,34)(H,30,35). The van der Waals surface area contributed by atoms with Crippen molar-refractivity contribution in [3.05, 3.63) is 29.6 Å². The molecule has 3 unspecified atom stereocenters. The monoisotopic (exact) mass is 564 g/mol. The van der Waals surface area contributed by atoms with E-state index < -0.39 is 51.4 Å². The number of nitrogens with zero attached hydrogens (tertiary/aromatic N) is 2. The van der Waals surface area contributed by atoms with Gasteiger partial charge in [-0.15, -0.1) is 0 Å².